The van der Waals surface area contributed by atoms with E-state index in [2.05, 4.69) is 5.32 Å². The van der Waals surface area contributed by atoms with E-state index in [1.54, 1.807) is 30.3 Å². The average Bonchev–Trinajstić information content (AvgIpc) is 2.77. The summed E-state index contributed by atoms with van der Waals surface area (Å²) in [4.78, 5) is 23.3. The lowest BCUT2D eigenvalue weighted by molar-refractivity contribution is -0.129. The minimum absolute atomic E-state index is 0.0808. The Hall–Kier alpha value is -1.92. The van der Waals surface area contributed by atoms with Crippen molar-refractivity contribution >= 4 is 11.9 Å². The van der Waals surface area contributed by atoms with Gasteiger partial charge in [0.05, 0.1) is 18.8 Å². The number of carbonyl (C=O) groups is 2. The normalized spacial score (nSPS) is 22.1. The van der Waals surface area contributed by atoms with Crippen molar-refractivity contribution in [2.45, 2.75) is 18.8 Å². The van der Waals surface area contributed by atoms with Crippen molar-refractivity contribution in [3.63, 3.8) is 0 Å². The van der Waals surface area contributed by atoms with Crippen LogP contribution in [-0.4, -0.2) is 42.5 Å². The van der Waals surface area contributed by atoms with E-state index in [-0.39, 0.29) is 25.5 Å². The van der Waals surface area contributed by atoms with Crippen molar-refractivity contribution in [3.05, 3.63) is 35.9 Å². The summed E-state index contributed by atoms with van der Waals surface area (Å²) in [5.41, 5.74) is 0.427. The first-order valence-corrected chi connectivity index (χ1v) is 5.99. The van der Waals surface area contributed by atoms with Gasteiger partial charge in [0, 0.05) is 6.42 Å². The summed E-state index contributed by atoms with van der Waals surface area (Å²) in [6, 6.07) is 8.54. The molecule has 2 atom stereocenters. The largest absolute Gasteiger partial charge is 0.438 e. The van der Waals surface area contributed by atoms with Gasteiger partial charge in [-0.3, -0.25) is 4.79 Å². The maximum absolute atomic E-state index is 11.8. The number of hydrogen-bond donors (Lipinski definition) is 2. The molecule has 19 heavy (non-hydrogen) atoms. The second-order valence-corrected chi connectivity index (χ2v) is 4.09. The number of benzene rings is 1. The predicted molar refractivity (Wildman–Crippen MR) is 65.2 cm³/mol. The molecule has 1 aromatic carbocycles. The van der Waals surface area contributed by atoms with Gasteiger partial charge in [0.1, 0.15) is 6.10 Å². The zero-order valence-electron chi connectivity index (χ0n) is 10.2. The zero-order chi connectivity index (χ0) is 13.7. The monoisotopic (exact) mass is 265 g/mol. The number of rotatable bonds is 5. The Kier molecular flexibility index (Phi) is 4.48. The van der Waals surface area contributed by atoms with Crippen LogP contribution in [0.25, 0.3) is 0 Å². The van der Waals surface area contributed by atoms with Crippen LogP contribution in [0.1, 0.15) is 16.8 Å². The third kappa shape index (κ3) is 3.52. The average molecular weight is 265 g/mol. The summed E-state index contributed by atoms with van der Waals surface area (Å²) >= 11 is 0. The smallest absolute Gasteiger partial charge is 0.340 e. The Morgan fingerprint density at radius 3 is 2.79 bits per heavy atom. The van der Waals surface area contributed by atoms with E-state index in [4.69, 9.17) is 14.6 Å². The van der Waals surface area contributed by atoms with Crippen LogP contribution >= 0.6 is 0 Å². The molecule has 6 heteroatoms. The van der Waals surface area contributed by atoms with E-state index in [1.807, 2.05) is 0 Å². The van der Waals surface area contributed by atoms with Crippen LogP contribution in [0.15, 0.2) is 30.3 Å². The molecular weight excluding hydrogens is 250 g/mol. The summed E-state index contributed by atoms with van der Waals surface area (Å²) in [7, 11) is 0. The van der Waals surface area contributed by atoms with Crippen molar-refractivity contribution in [2.75, 3.05) is 13.2 Å². The highest BCUT2D eigenvalue weighted by atomic mass is 16.6. The van der Waals surface area contributed by atoms with Gasteiger partial charge in [-0.2, -0.15) is 0 Å². The molecule has 1 amide bonds. The highest BCUT2D eigenvalue weighted by Crippen LogP contribution is 2.14. The van der Waals surface area contributed by atoms with Gasteiger partial charge in [0.25, 0.3) is 5.91 Å². The molecule has 6 nitrogen and oxygen atoms in total. The second kappa shape index (κ2) is 6.31. The van der Waals surface area contributed by atoms with E-state index in [0.29, 0.717) is 5.56 Å². The van der Waals surface area contributed by atoms with E-state index in [1.165, 1.54) is 0 Å². The lowest BCUT2D eigenvalue weighted by Gasteiger charge is -2.11. The molecule has 1 aliphatic heterocycles. The van der Waals surface area contributed by atoms with Crippen LogP contribution in [0.3, 0.4) is 0 Å². The predicted octanol–water partition coefficient (Wildman–Crippen LogP) is 0.0669. The SMILES string of the molecule is O=C(OC1CC(OCCO)C(=O)N1)c1ccccc1. The Morgan fingerprint density at radius 1 is 1.37 bits per heavy atom. The number of nitrogens with one attached hydrogen (secondary N) is 1. The van der Waals surface area contributed by atoms with Crippen LogP contribution in [0.4, 0.5) is 0 Å². The number of carbonyl (C=O) groups excluding carboxylic acids is 2. The topological polar surface area (TPSA) is 84.9 Å². The molecule has 1 heterocycles. The molecule has 1 fully saturated rings. The molecule has 0 spiro atoms. The summed E-state index contributed by atoms with van der Waals surface area (Å²) < 4.78 is 10.3. The first kappa shape index (κ1) is 13.5. The Labute approximate surface area is 110 Å². The Morgan fingerprint density at radius 2 is 2.11 bits per heavy atom. The van der Waals surface area contributed by atoms with Crippen molar-refractivity contribution in [1.82, 2.24) is 5.32 Å². The molecule has 2 unspecified atom stereocenters. The number of esters is 1. The van der Waals surface area contributed by atoms with Gasteiger partial charge < -0.3 is 19.9 Å². The minimum atomic E-state index is -0.691. The van der Waals surface area contributed by atoms with Gasteiger partial charge in [0.15, 0.2) is 6.23 Å². The maximum Gasteiger partial charge on any atom is 0.340 e. The van der Waals surface area contributed by atoms with Gasteiger partial charge in [-0.15, -0.1) is 0 Å². The fraction of sp³-hybridized carbons (Fsp3) is 0.385. The number of aliphatic hydroxyl groups is 1. The highest BCUT2D eigenvalue weighted by molar-refractivity contribution is 5.90. The molecule has 2 N–H and O–H groups in total. The highest BCUT2D eigenvalue weighted by Gasteiger charge is 2.35. The first-order valence-electron chi connectivity index (χ1n) is 5.99. The summed E-state index contributed by atoms with van der Waals surface area (Å²) in [6.45, 7) is -0.0737. The molecule has 2 rings (SSSR count). The first-order chi connectivity index (χ1) is 9.20. The maximum atomic E-state index is 11.8. The van der Waals surface area contributed by atoms with E-state index in [0.717, 1.165) is 0 Å². The summed E-state index contributed by atoms with van der Waals surface area (Å²) in [5, 5.41) is 11.2. The lowest BCUT2D eigenvalue weighted by atomic mass is 10.2. The lowest BCUT2D eigenvalue weighted by Crippen LogP contribution is -2.31. The molecule has 1 aromatic rings. The number of hydrogen-bond acceptors (Lipinski definition) is 5. The van der Waals surface area contributed by atoms with Gasteiger partial charge in [0.2, 0.25) is 0 Å². The van der Waals surface area contributed by atoms with Crippen molar-refractivity contribution in [3.8, 4) is 0 Å². The van der Waals surface area contributed by atoms with Crippen LogP contribution in [0.5, 0.6) is 0 Å². The fourth-order valence-electron chi connectivity index (χ4n) is 1.80. The Bertz CT molecular complexity index is 448. The van der Waals surface area contributed by atoms with E-state index >= 15 is 0 Å². The fourth-order valence-corrected chi connectivity index (χ4v) is 1.80. The quantitative estimate of drug-likeness (QED) is 0.736. The number of aliphatic hydroxyl groups excluding tert-OH is 1. The molecule has 0 aromatic heterocycles. The molecule has 0 aliphatic carbocycles. The molecular formula is C13H15NO5. The molecule has 1 aliphatic rings. The zero-order valence-corrected chi connectivity index (χ0v) is 10.2. The molecule has 1 saturated heterocycles. The van der Waals surface area contributed by atoms with E-state index in [9.17, 15) is 9.59 Å². The molecule has 102 valence electrons. The van der Waals surface area contributed by atoms with Crippen LogP contribution in [0, 0.1) is 0 Å². The van der Waals surface area contributed by atoms with Crippen LogP contribution < -0.4 is 5.32 Å². The molecule has 0 radical (unpaired) electrons. The van der Waals surface area contributed by atoms with Gasteiger partial charge >= 0.3 is 5.97 Å². The minimum Gasteiger partial charge on any atom is -0.438 e. The molecule has 0 saturated carbocycles. The van der Waals surface area contributed by atoms with Crippen LogP contribution in [-0.2, 0) is 14.3 Å². The third-order valence-electron chi connectivity index (χ3n) is 2.69. The summed E-state index contributed by atoms with van der Waals surface area (Å²) in [6.07, 6.45) is -1.12. The van der Waals surface area contributed by atoms with Gasteiger partial charge in [-0.1, -0.05) is 18.2 Å². The van der Waals surface area contributed by atoms with E-state index < -0.39 is 18.3 Å². The van der Waals surface area contributed by atoms with Crippen LogP contribution in [0.2, 0.25) is 0 Å². The van der Waals surface area contributed by atoms with Crippen molar-refractivity contribution in [1.29, 1.82) is 0 Å². The number of ether oxygens (including phenoxy) is 2. The van der Waals surface area contributed by atoms with Gasteiger partial charge in [-0.25, -0.2) is 4.79 Å². The second-order valence-electron chi connectivity index (χ2n) is 4.09. The van der Waals surface area contributed by atoms with Crippen molar-refractivity contribution in [2.24, 2.45) is 0 Å². The third-order valence-corrected chi connectivity index (χ3v) is 2.69. The molecule has 0 bridgehead atoms. The summed E-state index contributed by atoms with van der Waals surface area (Å²) in [5.74, 6) is -0.826. The number of amides is 1. The van der Waals surface area contributed by atoms with Crippen molar-refractivity contribution < 1.29 is 24.2 Å². The standard InChI is InChI=1S/C13H15NO5/c15-6-7-18-10-8-11(14-12(10)16)19-13(17)9-4-2-1-3-5-9/h1-5,10-11,15H,6-8H2,(H,14,16). The van der Waals surface area contributed by atoms with Gasteiger partial charge in [-0.05, 0) is 12.1 Å². The Balaban J connectivity index is 1.88.